The van der Waals surface area contributed by atoms with Crippen molar-refractivity contribution >= 4 is 23.5 Å². The van der Waals surface area contributed by atoms with Gasteiger partial charge in [0.25, 0.3) is 0 Å². The van der Waals surface area contributed by atoms with Gasteiger partial charge in [0.1, 0.15) is 10.8 Å². The molecule has 0 saturated heterocycles. The molecule has 8 nitrogen and oxygen atoms in total. The summed E-state index contributed by atoms with van der Waals surface area (Å²) in [5, 5.41) is 7.13. The van der Waals surface area contributed by atoms with Crippen LogP contribution in [0.5, 0.6) is 0 Å². The van der Waals surface area contributed by atoms with Gasteiger partial charge in [-0.3, -0.25) is 9.36 Å². The third-order valence-corrected chi connectivity index (χ3v) is 5.99. The van der Waals surface area contributed by atoms with E-state index in [2.05, 4.69) is 34.2 Å². The third-order valence-electron chi connectivity index (χ3n) is 4.97. The van der Waals surface area contributed by atoms with E-state index in [0.29, 0.717) is 23.1 Å². The van der Waals surface area contributed by atoms with Crippen LogP contribution in [0.1, 0.15) is 37.3 Å². The van der Waals surface area contributed by atoms with Gasteiger partial charge in [0.05, 0.1) is 5.75 Å². The fourth-order valence-electron chi connectivity index (χ4n) is 3.46. The van der Waals surface area contributed by atoms with E-state index in [-0.39, 0.29) is 17.3 Å². The Balaban J connectivity index is 1.69. The number of aryl methyl sites for hydroxylation is 1. The standard InChI is InChI=1S/C19H27N5O3S/c1-4-23(5-2)9-10-24-15-8-6-7-14(15)18(21-19(24)26)28-12-17(25)20-16-11-13(3)27-22-16/h11H,4-10,12H2,1-3H3,(H,20,22,25). The molecule has 0 saturated carbocycles. The normalized spacial score (nSPS) is 13.1. The van der Waals surface area contributed by atoms with Crippen LogP contribution in [0.25, 0.3) is 0 Å². The van der Waals surface area contributed by atoms with E-state index in [9.17, 15) is 9.59 Å². The van der Waals surface area contributed by atoms with E-state index in [1.165, 1.54) is 11.8 Å². The second-order valence-electron chi connectivity index (χ2n) is 6.82. The molecule has 9 heteroatoms. The SMILES string of the molecule is CCN(CC)CCn1c2c(c(SCC(=O)Nc3cc(C)on3)nc1=O)CCC2. The molecule has 0 spiro atoms. The molecule has 1 amide bonds. The molecule has 3 rings (SSSR count). The zero-order valence-corrected chi connectivity index (χ0v) is 17.5. The first-order chi connectivity index (χ1) is 13.5. The zero-order valence-electron chi connectivity index (χ0n) is 16.7. The second-order valence-corrected chi connectivity index (χ2v) is 7.78. The van der Waals surface area contributed by atoms with Crippen LogP contribution in [0.15, 0.2) is 20.4 Å². The van der Waals surface area contributed by atoms with Crippen molar-refractivity contribution in [1.82, 2.24) is 19.6 Å². The van der Waals surface area contributed by atoms with Gasteiger partial charge in [0, 0.05) is 30.4 Å². The third kappa shape index (κ3) is 4.82. The first-order valence-electron chi connectivity index (χ1n) is 9.72. The Morgan fingerprint density at radius 3 is 2.82 bits per heavy atom. The number of thioether (sulfide) groups is 1. The number of amides is 1. The van der Waals surface area contributed by atoms with Gasteiger partial charge in [-0.25, -0.2) is 4.79 Å². The predicted molar refractivity (Wildman–Crippen MR) is 109 cm³/mol. The molecule has 0 unspecified atom stereocenters. The van der Waals surface area contributed by atoms with Gasteiger partial charge in [0.2, 0.25) is 5.91 Å². The quantitative estimate of drug-likeness (QED) is 0.504. The first-order valence-corrected chi connectivity index (χ1v) is 10.7. The number of nitrogens with one attached hydrogen (secondary N) is 1. The van der Waals surface area contributed by atoms with Crippen molar-refractivity contribution < 1.29 is 9.32 Å². The number of carbonyl (C=O) groups excluding carboxylic acids is 1. The maximum atomic E-state index is 12.6. The van der Waals surface area contributed by atoms with Crippen LogP contribution in [0.3, 0.4) is 0 Å². The molecule has 2 aromatic heterocycles. The number of hydrogen-bond donors (Lipinski definition) is 1. The Labute approximate surface area is 168 Å². The highest BCUT2D eigenvalue weighted by Gasteiger charge is 2.22. The van der Waals surface area contributed by atoms with Crippen molar-refractivity contribution in [2.45, 2.75) is 51.6 Å². The van der Waals surface area contributed by atoms with Gasteiger partial charge in [0.15, 0.2) is 5.82 Å². The van der Waals surface area contributed by atoms with Crippen molar-refractivity contribution in [2.24, 2.45) is 0 Å². The lowest BCUT2D eigenvalue weighted by Crippen LogP contribution is -2.34. The number of hydrogen-bond acceptors (Lipinski definition) is 7. The van der Waals surface area contributed by atoms with Crippen molar-refractivity contribution in [1.29, 1.82) is 0 Å². The summed E-state index contributed by atoms with van der Waals surface area (Å²) in [5.41, 5.74) is 1.99. The molecule has 1 aliphatic rings. The van der Waals surface area contributed by atoms with E-state index in [1.807, 2.05) is 4.57 Å². The molecular weight excluding hydrogens is 378 g/mol. The summed E-state index contributed by atoms with van der Waals surface area (Å²) in [6.45, 7) is 9.45. The van der Waals surface area contributed by atoms with Crippen molar-refractivity contribution in [3.05, 3.63) is 33.6 Å². The lowest BCUT2D eigenvalue weighted by Gasteiger charge is -2.20. The number of fused-ring (bicyclic) bond motifs is 1. The highest BCUT2D eigenvalue weighted by Crippen LogP contribution is 2.29. The Kier molecular flexibility index (Phi) is 6.90. The molecule has 28 heavy (non-hydrogen) atoms. The number of nitrogens with zero attached hydrogens (tertiary/aromatic N) is 4. The topological polar surface area (TPSA) is 93.3 Å². The average molecular weight is 406 g/mol. The van der Waals surface area contributed by atoms with Gasteiger partial charge in [-0.1, -0.05) is 30.8 Å². The Morgan fingerprint density at radius 1 is 1.36 bits per heavy atom. The second kappa shape index (κ2) is 9.38. The number of likely N-dealkylation sites (N-methyl/N-ethyl adjacent to an activating group) is 1. The summed E-state index contributed by atoms with van der Waals surface area (Å²) in [4.78, 5) is 31.4. The van der Waals surface area contributed by atoms with Crippen LogP contribution in [0, 0.1) is 6.92 Å². The zero-order chi connectivity index (χ0) is 20.1. The number of aromatic nitrogens is 3. The summed E-state index contributed by atoms with van der Waals surface area (Å²) in [6, 6.07) is 1.66. The molecule has 2 heterocycles. The largest absolute Gasteiger partial charge is 0.360 e. The highest BCUT2D eigenvalue weighted by atomic mass is 32.2. The molecule has 0 radical (unpaired) electrons. The summed E-state index contributed by atoms with van der Waals surface area (Å²) in [7, 11) is 0. The molecular formula is C19H27N5O3S. The van der Waals surface area contributed by atoms with Gasteiger partial charge in [-0.05, 0) is 39.3 Å². The van der Waals surface area contributed by atoms with Gasteiger partial charge in [-0.2, -0.15) is 4.98 Å². The van der Waals surface area contributed by atoms with E-state index in [1.54, 1.807) is 13.0 Å². The minimum Gasteiger partial charge on any atom is -0.360 e. The molecule has 152 valence electrons. The van der Waals surface area contributed by atoms with E-state index < -0.39 is 0 Å². The van der Waals surface area contributed by atoms with Crippen molar-refractivity contribution in [3.63, 3.8) is 0 Å². The molecule has 2 aromatic rings. The fraction of sp³-hybridized carbons (Fsp3) is 0.579. The smallest absolute Gasteiger partial charge is 0.348 e. The summed E-state index contributed by atoms with van der Waals surface area (Å²) < 4.78 is 6.76. The fourth-order valence-corrected chi connectivity index (χ4v) is 4.33. The monoisotopic (exact) mass is 405 g/mol. The van der Waals surface area contributed by atoms with E-state index in [4.69, 9.17) is 4.52 Å². The Hall–Kier alpha value is -2.13. The highest BCUT2D eigenvalue weighted by molar-refractivity contribution is 8.00. The van der Waals surface area contributed by atoms with Crippen LogP contribution in [0.2, 0.25) is 0 Å². The van der Waals surface area contributed by atoms with Crippen LogP contribution >= 0.6 is 11.8 Å². The van der Waals surface area contributed by atoms with E-state index in [0.717, 1.165) is 50.2 Å². The molecule has 0 fully saturated rings. The molecule has 1 aliphatic carbocycles. The lowest BCUT2D eigenvalue weighted by molar-refractivity contribution is -0.113. The molecule has 0 aromatic carbocycles. The average Bonchev–Trinajstić information content (AvgIpc) is 3.31. The minimum atomic E-state index is -0.220. The Bertz CT molecular complexity index is 888. The maximum Gasteiger partial charge on any atom is 0.348 e. The Morgan fingerprint density at radius 2 is 2.14 bits per heavy atom. The number of carbonyl (C=O) groups is 1. The van der Waals surface area contributed by atoms with Crippen LogP contribution in [0.4, 0.5) is 5.82 Å². The summed E-state index contributed by atoms with van der Waals surface area (Å²) in [6.07, 6.45) is 2.81. The number of anilines is 1. The van der Waals surface area contributed by atoms with Gasteiger partial charge >= 0.3 is 5.69 Å². The van der Waals surface area contributed by atoms with Gasteiger partial charge < -0.3 is 14.7 Å². The van der Waals surface area contributed by atoms with Crippen LogP contribution in [-0.2, 0) is 24.2 Å². The summed E-state index contributed by atoms with van der Waals surface area (Å²) in [5.74, 6) is 1.01. The molecule has 0 atom stereocenters. The van der Waals surface area contributed by atoms with Crippen LogP contribution in [-0.4, -0.2) is 50.9 Å². The molecule has 1 N–H and O–H groups in total. The molecule has 0 aliphatic heterocycles. The first kappa shape index (κ1) is 20.6. The van der Waals surface area contributed by atoms with Crippen LogP contribution < -0.4 is 11.0 Å². The minimum absolute atomic E-state index is 0.175. The van der Waals surface area contributed by atoms with Gasteiger partial charge in [-0.15, -0.1) is 0 Å². The van der Waals surface area contributed by atoms with Crippen molar-refractivity contribution in [3.8, 4) is 0 Å². The lowest BCUT2D eigenvalue weighted by atomic mass is 10.2. The summed E-state index contributed by atoms with van der Waals surface area (Å²) >= 11 is 1.31. The molecule has 0 bridgehead atoms. The number of rotatable bonds is 9. The predicted octanol–water partition coefficient (Wildman–Crippen LogP) is 2.10. The maximum absolute atomic E-state index is 12.6. The van der Waals surface area contributed by atoms with E-state index >= 15 is 0 Å². The van der Waals surface area contributed by atoms with Crippen molar-refractivity contribution in [2.75, 3.05) is 30.7 Å².